The molecule has 0 aromatic carbocycles. The van der Waals surface area contributed by atoms with E-state index >= 15 is 0 Å². The highest BCUT2D eigenvalue weighted by atomic mass is 16.4. The topological polar surface area (TPSA) is 90.1 Å². The van der Waals surface area contributed by atoms with Crippen LogP contribution in [0.4, 0.5) is 5.95 Å². The van der Waals surface area contributed by atoms with Crippen LogP contribution in [0.2, 0.25) is 0 Å². The third kappa shape index (κ3) is 2.87. The van der Waals surface area contributed by atoms with Crippen LogP contribution in [0.25, 0.3) is 0 Å². The molecule has 2 rings (SSSR count). The molecule has 106 valence electrons. The fourth-order valence-electron chi connectivity index (χ4n) is 2.62. The number of carbonyl (C=O) groups is 1. The largest absolute Gasteiger partial charge is 0.480 e. The van der Waals surface area contributed by atoms with Crippen molar-refractivity contribution in [2.45, 2.75) is 39.2 Å². The number of carboxylic acid groups (broad SMARTS) is 1. The maximum atomic E-state index is 11.5. The Morgan fingerprint density at radius 2 is 2.35 bits per heavy atom. The SMILES string of the molecule is CCC1CCN(c2nc(C)cc(C#N)n2)C(C(=O)O)C1. The Kier molecular flexibility index (Phi) is 4.18. The van der Waals surface area contributed by atoms with Crippen molar-refractivity contribution >= 4 is 11.9 Å². The molecule has 6 nitrogen and oxygen atoms in total. The zero-order chi connectivity index (χ0) is 14.7. The van der Waals surface area contributed by atoms with Crippen LogP contribution >= 0.6 is 0 Å². The molecule has 1 saturated heterocycles. The van der Waals surface area contributed by atoms with E-state index in [1.807, 2.05) is 6.07 Å². The summed E-state index contributed by atoms with van der Waals surface area (Å²) >= 11 is 0. The Bertz CT molecular complexity index is 553. The van der Waals surface area contributed by atoms with Crippen molar-refractivity contribution in [2.75, 3.05) is 11.4 Å². The van der Waals surface area contributed by atoms with E-state index in [2.05, 4.69) is 16.9 Å². The van der Waals surface area contributed by atoms with E-state index in [1.54, 1.807) is 17.9 Å². The fraction of sp³-hybridized carbons (Fsp3) is 0.571. The first-order valence-electron chi connectivity index (χ1n) is 6.80. The van der Waals surface area contributed by atoms with E-state index in [9.17, 15) is 9.90 Å². The van der Waals surface area contributed by atoms with Crippen LogP contribution in [0.1, 0.15) is 37.6 Å². The molecule has 0 saturated carbocycles. The van der Waals surface area contributed by atoms with Gasteiger partial charge in [-0.05, 0) is 31.7 Å². The molecule has 20 heavy (non-hydrogen) atoms. The van der Waals surface area contributed by atoms with Gasteiger partial charge in [-0.25, -0.2) is 14.8 Å². The number of aromatic nitrogens is 2. The van der Waals surface area contributed by atoms with Crippen molar-refractivity contribution in [1.29, 1.82) is 5.26 Å². The molecule has 2 heterocycles. The molecule has 1 aromatic rings. The molecule has 0 radical (unpaired) electrons. The van der Waals surface area contributed by atoms with Crippen molar-refractivity contribution in [1.82, 2.24) is 9.97 Å². The van der Waals surface area contributed by atoms with Crippen LogP contribution in [0.3, 0.4) is 0 Å². The van der Waals surface area contributed by atoms with Crippen molar-refractivity contribution in [2.24, 2.45) is 5.92 Å². The molecule has 1 aliphatic heterocycles. The van der Waals surface area contributed by atoms with E-state index in [0.29, 0.717) is 30.5 Å². The molecule has 1 aliphatic rings. The quantitative estimate of drug-likeness (QED) is 0.902. The summed E-state index contributed by atoms with van der Waals surface area (Å²) in [5.41, 5.74) is 0.947. The third-order valence-electron chi connectivity index (χ3n) is 3.79. The molecule has 0 aliphatic carbocycles. The number of nitrogens with zero attached hydrogens (tertiary/aromatic N) is 4. The monoisotopic (exact) mass is 274 g/mol. The van der Waals surface area contributed by atoms with Gasteiger partial charge >= 0.3 is 5.97 Å². The Labute approximate surface area is 118 Å². The maximum Gasteiger partial charge on any atom is 0.326 e. The lowest BCUT2D eigenvalue weighted by Crippen LogP contribution is -2.48. The van der Waals surface area contributed by atoms with Crippen LogP contribution in [0.15, 0.2) is 6.07 Å². The van der Waals surface area contributed by atoms with Gasteiger partial charge in [0.15, 0.2) is 0 Å². The Morgan fingerprint density at radius 1 is 1.60 bits per heavy atom. The van der Waals surface area contributed by atoms with Crippen molar-refractivity contribution in [3.05, 3.63) is 17.5 Å². The molecule has 1 N–H and O–H groups in total. The number of anilines is 1. The predicted octanol–water partition coefficient (Wildman–Crippen LogP) is 1.74. The molecule has 2 atom stereocenters. The summed E-state index contributed by atoms with van der Waals surface area (Å²) in [5.74, 6) is -0.0807. The molecule has 1 aromatic heterocycles. The first kappa shape index (κ1) is 14.3. The van der Waals surface area contributed by atoms with Gasteiger partial charge in [0, 0.05) is 12.2 Å². The van der Waals surface area contributed by atoms with Gasteiger partial charge in [0.05, 0.1) is 0 Å². The first-order chi connectivity index (χ1) is 9.55. The Hall–Kier alpha value is -2.16. The number of hydrogen-bond donors (Lipinski definition) is 1. The van der Waals surface area contributed by atoms with Crippen LogP contribution < -0.4 is 4.90 Å². The van der Waals surface area contributed by atoms with Crippen LogP contribution in [0, 0.1) is 24.2 Å². The summed E-state index contributed by atoms with van der Waals surface area (Å²) in [7, 11) is 0. The standard InChI is InChI=1S/C14H18N4O2/c1-3-10-4-5-18(12(7-10)13(19)20)14-16-9(2)6-11(8-15)17-14/h6,10,12H,3-5,7H2,1-2H3,(H,19,20). The highest BCUT2D eigenvalue weighted by Gasteiger charge is 2.34. The predicted molar refractivity (Wildman–Crippen MR) is 73.3 cm³/mol. The van der Waals surface area contributed by atoms with Crippen LogP contribution in [-0.2, 0) is 4.79 Å². The number of rotatable bonds is 3. The second kappa shape index (κ2) is 5.87. The summed E-state index contributed by atoms with van der Waals surface area (Å²) in [5, 5.41) is 18.4. The summed E-state index contributed by atoms with van der Waals surface area (Å²) in [4.78, 5) is 21.6. The van der Waals surface area contributed by atoms with Gasteiger partial charge in [-0.15, -0.1) is 0 Å². The molecule has 0 amide bonds. The van der Waals surface area contributed by atoms with E-state index in [4.69, 9.17) is 5.26 Å². The number of aryl methyl sites for hydroxylation is 1. The third-order valence-corrected chi connectivity index (χ3v) is 3.79. The highest BCUT2D eigenvalue weighted by Crippen LogP contribution is 2.28. The highest BCUT2D eigenvalue weighted by molar-refractivity contribution is 5.77. The van der Waals surface area contributed by atoms with Gasteiger partial charge in [-0.2, -0.15) is 5.26 Å². The number of piperidine rings is 1. The zero-order valence-electron chi connectivity index (χ0n) is 11.7. The van der Waals surface area contributed by atoms with E-state index in [-0.39, 0.29) is 5.69 Å². The maximum absolute atomic E-state index is 11.5. The Morgan fingerprint density at radius 3 is 2.95 bits per heavy atom. The average Bonchev–Trinajstić information content (AvgIpc) is 2.45. The second-order valence-electron chi connectivity index (χ2n) is 5.15. The van der Waals surface area contributed by atoms with Crippen molar-refractivity contribution < 1.29 is 9.90 Å². The van der Waals surface area contributed by atoms with Gasteiger partial charge in [0.2, 0.25) is 5.95 Å². The Balaban J connectivity index is 2.33. The van der Waals surface area contributed by atoms with E-state index in [1.165, 1.54) is 0 Å². The lowest BCUT2D eigenvalue weighted by Gasteiger charge is -2.37. The van der Waals surface area contributed by atoms with Crippen molar-refractivity contribution in [3.63, 3.8) is 0 Å². The lowest BCUT2D eigenvalue weighted by atomic mass is 9.89. The van der Waals surface area contributed by atoms with Gasteiger partial charge in [0.1, 0.15) is 17.8 Å². The van der Waals surface area contributed by atoms with Gasteiger partial charge in [0.25, 0.3) is 0 Å². The zero-order valence-corrected chi connectivity index (χ0v) is 11.7. The van der Waals surface area contributed by atoms with E-state index in [0.717, 1.165) is 12.8 Å². The van der Waals surface area contributed by atoms with Crippen LogP contribution in [0.5, 0.6) is 0 Å². The molecular weight excluding hydrogens is 256 g/mol. The number of nitriles is 1. The normalized spacial score (nSPS) is 22.4. The summed E-state index contributed by atoms with van der Waals surface area (Å²) in [6.45, 7) is 4.47. The number of hydrogen-bond acceptors (Lipinski definition) is 5. The molecular formula is C14H18N4O2. The number of aliphatic carboxylic acids is 1. The minimum absolute atomic E-state index is 0.272. The summed E-state index contributed by atoms with van der Waals surface area (Å²) in [6, 6.07) is 2.97. The summed E-state index contributed by atoms with van der Waals surface area (Å²) in [6.07, 6.45) is 2.51. The van der Waals surface area contributed by atoms with E-state index < -0.39 is 12.0 Å². The molecule has 0 bridgehead atoms. The smallest absolute Gasteiger partial charge is 0.326 e. The minimum atomic E-state index is -0.855. The molecule has 2 unspecified atom stereocenters. The second-order valence-corrected chi connectivity index (χ2v) is 5.15. The van der Waals surface area contributed by atoms with Gasteiger partial charge in [-0.3, -0.25) is 0 Å². The van der Waals surface area contributed by atoms with Crippen LogP contribution in [-0.4, -0.2) is 33.6 Å². The van der Waals surface area contributed by atoms with Gasteiger partial charge < -0.3 is 10.0 Å². The summed E-state index contributed by atoms with van der Waals surface area (Å²) < 4.78 is 0. The average molecular weight is 274 g/mol. The fourth-order valence-corrected chi connectivity index (χ4v) is 2.62. The lowest BCUT2D eigenvalue weighted by molar-refractivity contribution is -0.139. The molecule has 1 fully saturated rings. The minimum Gasteiger partial charge on any atom is -0.480 e. The number of carboxylic acids is 1. The molecule has 6 heteroatoms. The first-order valence-corrected chi connectivity index (χ1v) is 6.80. The van der Waals surface area contributed by atoms with Crippen molar-refractivity contribution in [3.8, 4) is 6.07 Å². The van der Waals surface area contributed by atoms with Gasteiger partial charge in [-0.1, -0.05) is 13.3 Å². The molecule has 0 spiro atoms.